The van der Waals surface area contributed by atoms with Gasteiger partial charge in [0.2, 0.25) is 5.91 Å². The van der Waals surface area contributed by atoms with Gasteiger partial charge in [0.25, 0.3) is 0 Å². The Balaban J connectivity index is 0.00000200. The Labute approximate surface area is 123 Å². The van der Waals surface area contributed by atoms with Gasteiger partial charge in [0.1, 0.15) is 11.6 Å². The van der Waals surface area contributed by atoms with Crippen molar-refractivity contribution in [1.29, 1.82) is 0 Å². The monoisotopic (exact) mass is 304 g/mol. The van der Waals surface area contributed by atoms with Crippen molar-refractivity contribution in [3.8, 4) is 0 Å². The van der Waals surface area contributed by atoms with Crippen LogP contribution in [0.3, 0.4) is 0 Å². The summed E-state index contributed by atoms with van der Waals surface area (Å²) >= 11 is 0. The Kier molecular flexibility index (Phi) is 6.36. The largest absolute Gasteiger partial charge is 0.337 e. The standard InChI is InChI=1S/C14H18F2N2O.ClH/c1-2-18(14(19)13-7-4-8-17-13)9-10-11(15)5-3-6-12(10)16;/h3,5-6,13,17H,2,4,7-9H2,1H3;1H. The zero-order chi connectivity index (χ0) is 13.8. The van der Waals surface area contributed by atoms with E-state index in [0.717, 1.165) is 19.4 Å². The summed E-state index contributed by atoms with van der Waals surface area (Å²) in [7, 11) is 0. The van der Waals surface area contributed by atoms with Crippen LogP contribution in [0.15, 0.2) is 18.2 Å². The third-order valence-electron chi connectivity index (χ3n) is 3.46. The van der Waals surface area contributed by atoms with Crippen LogP contribution in [0.1, 0.15) is 25.3 Å². The lowest BCUT2D eigenvalue weighted by Gasteiger charge is -2.24. The highest BCUT2D eigenvalue weighted by atomic mass is 35.5. The molecule has 1 N–H and O–H groups in total. The highest BCUT2D eigenvalue weighted by Gasteiger charge is 2.27. The van der Waals surface area contributed by atoms with Gasteiger partial charge in [0.05, 0.1) is 12.6 Å². The average Bonchev–Trinajstić information content (AvgIpc) is 2.92. The molecule has 1 aromatic carbocycles. The minimum Gasteiger partial charge on any atom is -0.337 e. The van der Waals surface area contributed by atoms with E-state index in [2.05, 4.69) is 5.32 Å². The molecule has 1 atom stereocenters. The highest BCUT2D eigenvalue weighted by molar-refractivity contribution is 5.85. The van der Waals surface area contributed by atoms with E-state index >= 15 is 0 Å². The minimum atomic E-state index is -0.606. The quantitative estimate of drug-likeness (QED) is 0.927. The number of amides is 1. The molecule has 1 aliphatic heterocycles. The zero-order valence-electron chi connectivity index (χ0n) is 11.4. The molecule has 1 heterocycles. The number of likely N-dealkylation sites (N-methyl/N-ethyl adjacent to an activating group) is 1. The number of nitrogens with zero attached hydrogens (tertiary/aromatic N) is 1. The molecule has 1 aliphatic rings. The Morgan fingerprint density at radius 2 is 2.05 bits per heavy atom. The molecular formula is C14H19ClF2N2O. The van der Waals surface area contributed by atoms with Gasteiger partial charge in [-0.05, 0) is 38.4 Å². The van der Waals surface area contributed by atoms with Crippen LogP contribution in [0.2, 0.25) is 0 Å². The summed E-state index contributed by atoms with van der Waals surface area (Å²) in [4.78, 5) is 13.7. The van der Waals surface area contributed by atoms with E-state index in [0.29, 0.717) is 6.54 Å². The first-order valence-electron chi connectivity index (χ1n) is 6.58. The molecule has 20 heavy (non-hydrogen) atoms. The number of nitrogens with one attached hydrogen (secondary N) is 1. The molecule has 0 bridgehead atoms. The van der Waals surface area contributed by atoms with Crippen molar-refractivity contribution < 1.29 is 13.6 Å². The third-order valence-corrected chi connectivity index (χ3v) is 3.46. The van der Waals surface area contributed by atoms with E-state index in [1.54, 1.807) is 0 Å². The van der Waals surface area contributed by atoms with Crippen molar-refractivity contribution in [2.75, 3.05) is 13.1 Å². The van der Waals surface area contributed by atoms with Gasteiger partial charge < -0.3 is 10.2 Å². The summed E-state index contributed by atoms with van der Waals surface area (Å²) in [5, 5.41) is 3.11. The summed E-state index contributed by atoms with van der Waals surface area (Å²) in [5.74, 6) is -1.29. The smallest absolute Gasteiger partial charge is 0.239 e. The lowest BCUT2D eigenvalue weighted by Crippen LogP contribution is -2.43. The topological polar surface area (TPSA) is 32.3 Å². The molecule has 1 aromatic rings. The average molecular weight is 305 g/mol. The minimum absolute atomic E-state index is 0. The number of hydrogen-bond acceptors (Lipinski definition) is 2. The van der Waals surface area contributed by atoms with Gasteiger partial charge in [0, 0.05) is 12.1 Å². The number of carbonyl (C=O) groups is 1. The maximum absolute atomic E-state index is 13.6. The fourth-order valence-electron chi connectivity index (χ4n) is 2.34. The molecule has 1 amide bonds. The molecule has 1 saturated heterocycles. The summed E-state index contributed by atoms with van der Waals surface area (Å²) in [6.07, 6.45) is 1.75. The fourth-order valence-corrected chi connectivity index (χ4v) is 2.34. The van der Waals surface area contributed by atoms with E-state index in [1.165, 1.54) is 23.1 Å². The second kappa shape index (κ2) is 7.55. The van der Waals surface area contributed by atoms with Crippen molar-refractivity contribution >= 4 is 18.3 Å². The molecule has 6 heteroatoms. The molecular weight excluding hydrogens is 286 g/mol. The number of halogens is 3. The Hall–Kier alpha value is -1.20. The first kappa shape index (κ1) is 16.9. The number of benzene rings is 1. The van der Waals surface area contributed by atoms with E-state index < -0.39 is 11.6 Å². The summed E-state index contributed by atoms with van der Waals surface area (Å²) in [6.45, 7) is 3.05. The number of carbonyl (C=O) groups excluding carboxylic acids is 1. The summed E-state index contributed by atoms with van der Waals surface area (Å²) in [6, 6.07) is 3.54. The second-order valence-corrected chi connectivity index (χ2v) is 4.70. The lowest BCUT2D eigenvalue weighted by molar-refractivity contribution is -0.133. The number of hydrogen-bond donors (Lipinski definition) is 1. The first-order chi connectivity index (χ1) is 9.13. The molecule has 0 radical (unpaired) electrons. The van der Waals surface area contributed by atoms with Gasteiger partial charge in [-0.15, -0.1) is 12.4 Å². The molecule has 3 nitrogen and oxygen atoms in total. The van der Waals surface area contributed by atoms with Crippen molar-refractivity contribution in [1.82, 2.24) is 10.2 Å². The zero-order valence-corrected chi connectivity index (χ0v) is 12.2. The lowest BCUT2D eigenvalue weighted by atomic mass is 10.1. The van der Waals surface area contributed by atoms with Crippen LogP contribution < -0.4 is 5.32 Å². The molecule has 0 aliphatic carbocycles. The Bertz CT molecular complexity index is 444. The van der Waals surface area contributed by atoms with Gasteiger partial charge in [-0.1, -0.05) is 6.07 Å². The Morgan fingerprint density at radius 1 is 1.40 bits per heavy atom. The fraction of sp³-hybridized carbons (Fsp3) is 0.500. The molecule has 1 unspecified atom stereocenters. The van der Waals surface area contributed by atoms with Crippen molar-refractivity contribution in [3.05, 3.63) is 35.4 Å². The highest BCUT2D eigenvalue weighted by Crippen LogP contribution is 2.16. The maximum atomic E-state index is 13.6. The molecule has 2 rings (SSSR count). The summed E-state index contributed by atoms with van der Waals surface area (Å²) in [5.41, 5.74) is -0.0457. The van der Waals surface area contributed by atoms with Gasteiger partial charge in [-0.25, -0.2) is 8.78 Å². The third kappa shape index (κ3) is 3.67. The predicted molar refractivity (Wildman–Crippen MR) is 75.7 cm³/mol. The summed E-state index contributed by atoms with van der Waals surface area (Å²) < 4.78 is 27.2. The molecule has 112 valence electrons. The molecule has 0 saturated carbocycles. The predicted octanol–water partition coefficient (Wildman–Crippen LogP) is 2.49. The molecule has 1 fully saturated rings. The van der Waals surface area contributed by atoms with Crippen LogP contribution in [0.25, 0.3) is 0 Å². The van der Waals surface area contributed by atoms with Crippen LogP contribution in [-0.2, 0) is 11.3 Å². The van der Waals surface area contributed by atoms with E-state index in [-0.39, 0.29) is 36.5 Å². The van der Waals surface area contributed by atoms with Crippen molar-refractivity contribution in [2.24, 2.45) is 0 Å². The van der Waals surface area contributed by atoms with Gasteiger partial charge in [0.15, 0.2) is 0 Å². The first-order valence-corrected chi connectivity index (χ1v) is 6.58. The van der Waals surface area contributed by atoms with E-state index in [9.17, 15) is 13.6 Å². The van der Waals surface area contributed by atoms with Crippen molar-refractivity contribution in [2.45, 2.75) is 32.4 Å². The van der Waals surface area contributed by atoms with Crippen LogP contribution in [0.4, 0.5) is 8.78 Å². The van der Waals surface area contributed by atoms with Crippen LogP contribution in [0, 0.1) is 11.6 Å². The van der Waals surface area contributed by atoms with Crippen LogP contribution in [-0.4, -0.2) is 29.9 Å². The van der Waals surface area contributed by atoms with Crippen LogP contribution in [0.5, 0.6) is 0 Å². The van der Waals surface area contributed by atoms with Crippen molar-refractivity contribution in [3.63, 3.8) is 0 Å². The van der Waals surface area contributed by atoms with E-state index in [1.807, 2.05) is 6.92 Å². The van der Waals surface area contributed by atoms with Gasteiger partial charge in [-0.2, -0.15) is 0 Å². The van der Waals surface area contributed by atoms with Crippen LogP contribution >= 0.6 is 12.4 Å². The molecule has 0 aromatic heterocycles. The Morgan fingerprint density at radius 3 is 2.55 bits per heavy atom. The van der Waals surface area contributed by atoms with Gasteiger partial charge in [-0.3, -0.25) is 4.79 Å². The SMILES string of the molecule is CCN(Cc1c(F)cccc1F)C(=O)C1CCCN1.Cl. The van der Waals surface area contributed by atoms with E-state index in [4.69, 9.17) is 0 Å². The van der Waals surface area contributed by atoms with Gasteiger partial charge >= 0.3 is 0 Å². The number of rotatable bonds is 4. The molecule has 0 spiro atoms. The maximum Gasteiger partial charge on any atom is 0.239 e. The second-order valence-electron chi connectivity index (χ2n) is 4.70. The normalized spacial score (nSPS) is 17.6.